The van der Waals surface area contributed by atoms with Crippen molar-refractivity contribution in [3.8, 4) is 0 Å². The molecule has 1 aromatic heterocycles. The first-order valence-electron chi connectivity index (χ1n) is 20.2. The van der Waals surface area contributed by atoms with Gasteiger partial charge in [-0.2, -0.15) is 0 Å². The van der Waals surface area contributed by atoms with Crippen molar-refractivity contribution in [2.24, 2.45) is 11.1 Å². The predicted molar refractivity (Wildman–Crippen MR) is 233 cm³/mol. The number of benzene rings is 2. The van der Waals surface area contributed by atoms with Crippen LogP contribution in [0, 0.1) is 11.2 Å². The summed E-state index contributed by atoms with van der Waals surface area (Å²) in [7, 11) is 0. The molecule has 2 heterocycles. The van der Waals surface area contributed by atoms with Crippen LogP contribution >= 0.6 is 0 Å². The molecule has 7 N–H and O–H groups in total. The van der Waals surface area contributed by atoms with Gasteiger partial charge in [0.25, 0.3) is 0 Å². The number of fused-ring (bicyclic) bond motifs is 1. The van der Waals surface area contributed by atoms with E-state index in [9.17, 15) is 38.7 Å². The van der Waals surface area contributed by atoms with E-state index in [-0.39, 0.29) is 63.2 Å². The number of halogens is 1. The minimum absolute atomic E-state index is 0.0327. The number of carboxylic acid groups (broad SMARTS) is 1. The van der Waals surface area contributed by atoms with Crippen LogP contribution in [0.15, 0.2) is 83.8 Å². The summed E-state index contributed by atoms with van der Waals surface area (Å²) in [6.07, 6.45) is 8.25. The normalized spacial score (nSPS) is 14.0. The van der Waals surface area contributed by atoms with Crippen LogP contribution in [0.3, 0.4) is 0 Å². The van der Waals surface area contributed by atoms with E-state index in [1.165, 1.54) is 31.0 Å². The highest BCUT2D eigenvalue weighted by molar-refractivity contribution is 6.06. The largest absolute Gasteiger partial charge is 0.477 e. The molecule has 6 amide bonds. The van der Waals surface area contributed by atoms with Crippen molar-refractivity contribution in [3.63, 3.8) is 0 Å². The molecule has 62 heavy (non-hydrogen) atoms. The topological polar surface area (TPSA) is 234 Å². The van der Waals surface area contributed by atoms with Crippen molar-refractivity contribution in [2.75, 3.05) is 42.9 Å². The molecule has 0 saturated carbocycles. The zero-order chi connectivity index (χ0) is 45.7. The Morgan fingerprint density at radius 1 is 1.02 bits per heavy atom. The van der Waals surface area contributed by atoms with E-state index in [1.807, 2.05) is 19.1 Å². The van der Waals surface area contributed by atoms with Crippen LogP contribution in [-0.2, 0) is 32.3 Å². The fraction of sp³-hybridized carbons (Fsp3) is 0.386. The first-order valence-corrected chi connectivity index (χ1v) is 20.2. The molecule has 18 heteroatoms. The van der Waals surface area contributed by atoms with Gasteiger partial charge in [-0.15, -0.1) is 0 Å². The lowest BCUT2D eigenvalue weighted by Gasteiger charge is -2.35. The third-order valence-corrected chi connectivity index (χ3v) is 10.4. The molecule has 1 aliphatic heterocycles. The van der Waals surface area contributed by atoms with Gasteiger partial charge >= 0.3 is 18.1 Å². The van der Waals surface area contributed by atoms with Gasteiger partial charge < -0.3 is 51.2 Å². The summed E-state index contributed by atoms with van der Waals surface area (Å²) in [5, 5.41) is 20.1. The number of aromatic nitrogens is 1. The van der Waals surface area contributed by atoms with Gasteiger partial charge in [-0.1, -0.05) is 43.0 Å². The Labute approximate surface area is 358 Å². The number of aryl methyl sites for hydroxylation is 1. The summed E-state index contributed by atoms with van der Waals surface area (Å²) < 4.78 is 22.5. The van der Waals surface area contributed by atoms with Crippen LogP contribution in [0.25, 0.3) is 10.9 Å². The number of nitrogens with two attached hydrogens (primary N) is 1. The predicted octanol–water partition coefficient (Wildman–Crippen LogP) is 4.41. The van der Waals surface area contributed by atoms with Crippen molar-refractivity contribution < 1.29 is 43.0 Å². The number of urea groups is 1. The molecular formula is C44H55FN8O9. The van der Waals surface area contributed by atoms with Gasteiger partial charge in [0.2, 0.25) is 23.2 Å². The lowest BCUT2D eigenvalue weighted by molar-refractivity contribution is -0.143. The molecule has 0 radical (unpaired) electrons. The number of primary amides is 1. The zero-order valence-corrected chi connectivity index (χ0v) is 35.6. The van der Waals surface area contributed by atoms with E-state index in [0.717, 1.165) is 6.07 Å². The van der Waals surface area contributed by atoms with Gasteiger partial charge in [0, 0.05) is 56.5 Å². The highest BCUT2D eigenvalue weighted by Crippen LogP contribution is 2.27. The summed E-state index contributed by atoms with van der Waals surface area (Å²) in [5.41, 5.74) is 4.63. The van der Waals surface area contributed by atoms with Crippen LogP contribution in [0.1, 0.15) is 63.4 Å². The lowest BCUT2D eigenvalue weighted by atomic mass is 9.89. The smallest absolute Gasteiger partial charge is 0.410 e. The number of carbonyl (C=O) groups is 6. The van der Waals surface area contributed by atoms with Gasteiger partial charge in [-0.25, -0.2) is 18.8 Å². The number of rotatable bonds is 18. The average Bonchev–Trinajstić information content (AvgIpc) is 3.24. The number of carboxylic acids is 1. The van der Waals surface area contributed by atoms with Crippen LogP contribution in [0.5, 0.6) is 0 Å². The molecule has 332 valence electrons. The van der Waals surface area contributed by atoms with Gasteiger partial charge in [0.15, 0.2) is 0 Å². The number of amides is 6. The van der Waals surface area contributed by atoms with Crippen molar-refractivity contribution in [1.29, 1.82) is 0 Å². The second kappa shape index (κ2) is 21.5. The Morgan fingerprint density at radius 3 is 2.29 bits per heavy atom. The summed E-state index contributed by atoms with van der Waals surface area (Å²) in [4.78, 5) is 92.0. The molecule has 17 nitrogen and oxygen atoms in total. The number of carbonyl (C=O) groups excluding carboxylic acids is 5. The maximum Gasteiger partial charge on any atom is 0.410 e. The van der Waals surface area contributed by atoms with Crippen LogP contribution in [0.2, 0.25) is 0 Å². The van der Waals surface area contributed by atoms with Crippen LogP contribution in [0.4, 0.5) is 25.4 Å². The quantitative estimate of drug-likeness (QED) is 0.0599. The summed E-state index contributed by atoms with van der Waals surface area (Å²) in [6.45, 7) is 13.7. The Morgan fingerprint density at radius 2 is 1.68 bits per heavy atom. The average molecular weight is 859 g/mol. The van der Waals surface area contributed by atoms with Gasteiger partial charge in [-0.05, 0) is 82.9 Å². The molecule has 2 atom stereocenters. The number of piperazine rings is 1. The van der Waals surface area contributed by atoms with Crippen LogP contribution in [-0.4, -0.2) is 95.2 Å². The second-order valence-electron chi connectivity index (χ2n) is 15.2. The number of ether oxygens (including phenoxy) is 1. The minimum Gasteiger partial charge on any atom is -0.477 e. The van der Waals surface area contributed by atoms with E-state index in [1.54, 1.807) is 59.7 Å². The molecule has 4 rings (SSSR count). The molecule has 2 aromatic carbocycles. The molecule has 1 saturated heterocycles. The fourth-order valence-electron chi connectivity index (χ4n) is 6.47. The molecule has 1 aliphatic rings. The van der Waals surface area contributed by atoms with Crippen molar-refractivity contribution in [3.05, 3.63) is 106 Å². The van der Waals surface area contributed by atoms with Gasteiger partial charge in [0.1, 0.15) is 29.4 Å². The van der Waals surface area contributed by atoms with Crippen molar-refractivity contribution in [1.82, 2.24) is 25.4 Å². The number of nitrogens with zero attached hydrogens (tertiary/aromatic N) is 3. The monoisotopic (exact) mass is 858 g/mol. The van der Waals surface area contributed by atoms with Gasteiger partial charge in [-0.3, -0.25) is 19.2 Å². The highest BCUT2D eigenvalue weighted by Gasteiger charge is 2.39. The van der Waals surface area contributed by atoms with E-state index < -0.39 is 70.1 Å². The maximum absolute atomic E-state index is 15.3. The summed E-state index contributed by atoms with van der Waals surface area (Å²) >= 11 is 0. The Kier molecular flexibility index (Phi) is 16.5. The molecule has 3 aromatic rings. The van der Waals surface area contributed by atoms with Gasteiger partial charge in [0.05, 0.1) is 17.2 Å². The number of allylic oxidation sites excluding steroid dienone is 3. The minimum atomic E-state index is -1.58. The zero-order valence-electron chi connectivity index (χ0n) is 35.6. The molecule has 0 bridgehead atoms. The number of nitrogens with one attached hydrogen (secondary N) is 4. The molecular weight excluding hydrogens is 804 g/mol. The number of pyridine rings is 1. The lowest BCUT2D eigenvalue weighted by Crippen LogP contribution is -2.54. The molecule has 0 aliphatic carbocycles. The Balaban J connectivity index is 1.33. The number of hydrogen-bond acceptors (Lipinski definition) is 9. The molecule has 1 fully saturated rings. The number of anilines is 2. The van der Waals surface area contributed by atoms with E-state index in [2.05, 4.69) is 27.8 Å². The number of hydrogen-bond donors (Lipinski definition) is 6. The van der Waals surface area contributed by atoms with Crippen molar-refractivity contribution >= 4 is 58.1 Å². The van der Waals surface area contributed by atoms with E-state index in [4.69, 9.17) is 10.5 Å². The van der Waals surface area contributed by atoms with E-state index in [0.29, 0.717) is 28.9 Å². The summed E-state index contributed by atoms with van der Waals surface area (Å²) in [5.74, 6) is -3.91. The van der Waals surface area contributed by atoms with E-state index >= 15 is 4.39 Å². The Bertz CT molecular complexity index is 2300. The second-order valence-corrected chi connectivity index (χ2v) is 15.2. The third kappa shape index (κ3) is 12.3. The molecule has 0 unspecified atom stereocenters. The SMILES string of the molecule is C=C(/C=C\C=C/C)[C@@H](C)NC(=O)C(C)(C)C(=O)N[C@@H](CCCNC(N)=O)C(=O)Nc1ccc(COC(=O)N2CCN(c3cc4c(cc3F)c(=O)c(C(=O)O)cn4CC)CC2)cc1. The first kappa shape index (κ1) is 47.7. The summed E-state index contributed by atoms with van der Waals surface area (Å²) in [6, 6.07) is 6.78. The first-order chi connectivity index (χ1) is 29.4. The highest BCUT2D eigenvalue weighted by atomic mass is 19.1. The maximum atomic E-state index is 15.3. The fourth-order valence-corrected chi connectivity index (χ4v) is 6.47. The Hall–Kier alpha value is -6.98. The van der Waals surface area contributed by atoms with Crippen LogP contribution < -0.4 is 37.3 Å². The standard InChI is InChI=1S/C44H55FN8O9/c1-7-9-10-12-27(3)28(4)48-40(58)44(5,6)41(59)50-34(13-11-18-47-42(46)60)38(55)49-30-16-14-29(15-17-30)26-62-43(61)53-21-19-52(20-22-53)36-24-35-31(23-33(36)45)37(54)32(39(56)57)25-51(35)8-2/h7,9-10,12,14-17,23-25,28,34H,3,8,11,13,18-22,26H2,1-2,4-6H3,(H,48,58)(H,49,55)(H,50,59)(H,56,57)(H3,46,47,60)/b9-7-,12-10-/t28-,34+/m1/s1. The van der Waals surface area contributed by atoms with Crippen molar-refractivity contribution in [2.45, 2.75) is 72.7 Å². The number of aromatic carboxylic acids is 1. The third-order valence-electron chi connectivity index (χ3n) is 10.4. The molecule has 0 spiro atoms.